The van der Waals surface area contributed by atoms with Crippen LogP contribution < -0.4 is 4.90 Å². The molecular weight excluding hydrogens is 362 g/mol. The van der Waals surface area contributed by atoms with E-state index in [9.17, 15) is 14.9 Å². The average molecular weight is 391 g/mol. The van der Waals surface area contributed by atoms with Crippen molar-refractivity contribution in [1.82, 2.24) is 4.98 Å². The molecule has 0 aromatic carbocycles. The summed E-state index contributed by atoms with van der Waals surface area (Å²) in [6.45, 7) is 6.42. The monoisotopic (exact) mass is 391 g/mol. The van der Waals surface area contributed by atoms with Gasteiger partial charge in [-0.1, -0.05) is 13.8 Å². The SMILES string of the molecule is CO[C@H]1CC[C@@H](N(CC(C)C)c2ncc(/C(C)=C/C(=O)O)cc2[N+](=O)[O-])CC1. The molecule has 8 heteroatoms. The number of aromatic nitrogens is 1. The lowest BCUT2D eigenvalue weighted by Crippen LogP contribution is -2.42. The molecule has 1 aromatic heterocycles. The lowest BCUT2D eigenvalue weighted by atomic mass is 9.91. The van der Waals surface area contributed by atoms with Gasteiger partial charge in [0.05, 0.1) is 11.0 Å². The number of carbonyl (C=O) groups is 1. The van der Waals surface area contributed by atoms with Crippen molar-refractivity contribution in [3.05, 3.63) is 34.0 Å². The fraction of sp³-hybridized carbons (Fsp3) is 0.600. The van der Waals surface area contributed by atoms with Crippen molar-refractivity contribution in [3.63, 3.8) is 0 Å². The standard InChI is InChI=1S/C20H29N3O5/c1-13(2)12-22(16-5-7-17(28-4)8-6-16)20-18(23(26)27)10-15(11-21-20)14(3)9-19(24)25/h9-11,13,16-17H,5-8,12H2,1-4H3,(H,24,25)/b14-9+/t16-,17+. The molecule has 1 saturated carbocycles. The molecule has 0 radical (unpaired) electrons. The molecule has 8 nitrogen and oxygen atoms in total. The zero-order valence-electron chi connectivity index (χ0n) is 16.9. The minimum Gasteiger partial charge on any atom is -0.478 e. The molecule has 0 spiro atoms. The van der Waals surface area contributed by atoms with Crippen LogP contribution in [0.25, 0.3) is 5.57 Å². The van der Waals surface area contributed by atoms with Gasteiger partial charge in [-0.05, 0) is 44.1 Å². The Labute approximate surface area is 165 Å². The minimum absolute atomic E-state index is 0.0925. The number of methoxy groups -OCH3 is 1. The van der Waals surface area contributed by atoms with E-state index in [4.69, 9.17) is 9.84 Å². The maximum absolute atomic E-state index is 11.8. The Morgan fingerprint density at radius 3 is 2.57 bits per heavy atom. The minimum atomic E-state index is -1.10. The first-order valence-corrected chi connectivity index (χ1v) is 9.58. The first-order valence-electron chi connectivity index (χ1n) is 9.58. The normalized spacial score (nSPS) is 20.2. The highest BCUT2D eigenvalue weighted by Gasteiger charge is 2.31. The molecule has 2 rings (SSSR count). The Balaban J connectivity index is 2.41. The first-order chi connectivity index (χ1) is 13.2. The van der Waals surface area contributed by atoms with Gasteiger partial charge in [-0.2, -0.15) is 0 Å². The molecule has 1 aromatic rings. The number of rotatable bonds is 8. The first kappa shape index (κ1) is 21.8. The summed E-state index contributed by atoms with van der Waals surface area (Å²) in [5.74, 6) is -0.429. The van der Waals surface area contributed by atoms with E-state index in [-0.39, 0.29) is 17.8 Å². The Kier molecular flexibility index (Phi) is 7.51. The second-order valence-electron chi connectivity index (χ2n) is 7.70. The lowest BCUT2D eigenvalue weighted by molar-refractivity contribution is -0.384. The number of hydrogen-bond acceptors (Lipinski definition) is 6. The Morgan fingerprint density at radius 1 is 1.43 bits per heavy atom. The molecule has 1 heterocycles. The van der Waals surface area contributed by atoms with Gasteiger partial charge < -0.3 is 14.7 Å². The third-order valence-corrected chi connectivity index (χ3v) is 5.09. The predicted octanol–water partition coefficient (Wildman–Crippen LogP) is 3.90. The van der Waals surface area contributed by atoms with Gasteiger partial charge >= 0.3 is 11.7 Å². The quantitative estimate of drug-likeness (QED) is 0.407. The third kappa shape index (κ3) is 5.51. The van der Waals surface area contributed by atoms with E-state index in [1.165, 1.54) is 12.3 Å². The predicted molar refractivity (Wildman–Crippen MR) is 107 cm³/mol. The zero-order chi connectivity index (χ0) is 20.8. The van der Waals surface area contributed by atoms with Gasteiger partial charge in [0.2, 0.25) is 5.82 Å². The summed E-state index contributed by atoms with van der Waals surface area (Å²) in [5.41, 5.74) is 0.765. The molecular formula is C20H29N3O5. The Bertz CT molecular complexity index is 739. The lowest BCUT2D eigenvalue weighted by Gasteiger charge is -2.38. The number of aliphatic carboxylic acids is 1. The van der Waals surface area contributed by atoms with Gasteiger partial charge in [0.25, 0.3) is 0 Å². The average Bonchev–Trinajstić information content (AvgIpc) is 2.65. The molecule has 0 bridgehead atoms. The Morgan fingerprint density at radius 2 is 2.07 bits per heavy atom. The van der Waals surface area contributed by atoms with Gasteiger partial charge in [0, 0.05) is 43.6 Å². The van der Waals surface area contributed by atoms with Crippen molar-refractivity contribution in [3.8, 4) is 0 Å². The summed E-state index contributed by atoms with van der Waals surface area (Å²) in [6, 6.07) is 1.59. The van der Waals surface area contributed by atoms with E-state index in [2.05, 4.69) is 23.7 Å². The van der Waals surface area contributed by atoms with E-state index in [0.717, 1.165) is 31.8 Å². The van der Waals surface area contributed by atoms with Crippen molar-refractivity contribution >= 4 is 23.0 Å². The van der Waals surface area contributed by atoms with Crippen molar-refractivity contribution in [2.24, 2.45) is 5.92 Å². The summed E-state index contributed by atoms with van der Waals surface area (Å²) >= 11 is 0. The van der Waals surface area contributed by atoms with Crippen LogP contribution in [-0.2, 0) is 9.53 Å². The third-order valence-electron chi connectivity index (χ3n) is 5.09. The summed E-state index contributed by atoms with van der Waals surface area (Å²) in [5, 5.41) is 20.7. The number of anilines is 1. The smallest absolute Gasteiger partial charge is 0.328 e. The molecule has 1 fully saturated rings. The van der Waals surface area contributed by atoms with Gasteiger partial charge in [-0.15, -0.1) is 0 Å². The van der Waals surface area contributed by atoms with E-state index in [0.29, 0.717) is 29.4 Å². The highest BCUT2D eigenvalue weighted by Crippen LogP contribution is 2.34. The second-order valence-corrected chi connectivity index (χ2v) is 7.70. The largest absolute Gasteiger partial charge is 0.478 e. The van der Waals surface area contributed by atoms with Crippen molar-refractivity contribution < 1.29 is 19.6 Å². The number of nitrogens with zero attached hydrogens (tertiary/aromatic N) is 3. The van der Waals surface area contributed by atoms with Crippen molar-refractivity contribution in [2.45, 2.75) is 58.6 Å². The van der Waals surface area contributed by atoms with Gasteiger partial charge in [0.15, 0.2) is 0 Å². The topological polar surface area (TPSA) is 106 Å². The van der Waals surface area contributed by atoms with Crippen LogP contribution in [-0.4, -0.2) is 46.8 Å². The van der Waals surface area contributed by atoms with Crippen LogP contribution in [0, 0.1) is 16.0 Å². The van der Waals surface area contributed by atoms with E-state index >= 15 is 0 Å². The molecule has 1 aliphatic rings. The zero-order valence-corrected chi connectivity index (χ0v) is 16.9. The Hall–Kier alpha value is -2.48. The molecule has 28 heavy (non-hydrogen) atoms. The van der Waals surface area contributed by atoms with Crippen molar-refractivity contribution in [1.29, 1.82) is 0 Å². The molecule has 1 aliphatic carbocycles. The van der Waals surface area contributed by atoms with Gasteiger partial charge in [0.1, 0.15) is 0 Å². The van der Waals surface area contributed by atoms with Crippen LogP contribution in [0.15, 0.2) is 18.3 Å². The van der Waals surface area contributed by atoms with Gasteiger partial charge in [-0.25, -0.2) is 9.78 Å². The maximum atomic E-state index is 11.8. The molecule has 0 unspecified atom stereocenters. The molecule has 1 N–H and O–H groups in total. The molecule has 0 amide bonds. The van der Waals surface area contributed by atoms with E-state index in [1.54, 1.807) is 14.0 Å². The summed E-state index contributed by atoms with van der Waals surface area (Å²) in [6.07, 6.45) is 6.41. The fourth-order valence-corrected chi connectivity index (χ4v) is 3.68. The fourth-order valence-electron chi connectivity index (χ4n) is 3.68. The van der Waals surface area contributed by atoms with E-state index in [1.807, 2.05) is 0 Å². The van der Waals surface area contributed by atoms with Crippen molar-refractivity contribution in [2.75, 3.05) is 18.6 Å². The van der Waals surface area contributed by atoms with Gasteiger partial charge in [-0.3, -0.25) is 10.1 Å². The van der Waals surface area contributed by atoms with E-state index < -0.39 is 10.9 Å². The number of carboxylic acids is 1. The summed E-state index contributed by atoms with van der Waals surface area (Å²) in [4.78, 5) is 28.7. The number of allylic oxidation sites excluding steroid dienone is 1. The number of pyridine rings is 1. The molecule has 0 atom stereocenters. The van der Waals surface area contributed by atoms with Crippen LogP contribution in [0.1, 0.15) is 52.0 Å². The summed E-state index contributed by atoms with van der Waals surface area (Å²) in [7, 11) is 1.72. The maximum Gasteiger partial charge on any atom is 0.328 e. The number of carboxylic acid groups (broad SMARTS) is 1. The van der Waals surface area contributed by atoms with Crippen LogP contribution in [0.3, 0.4) is 0 Å². The number of hydrogen-bond donors (Lipinski definition) is 1. The highest BCUT2D eigenvalue weighted by atomic mass is 16.6. The number of ether oxygens (including phenoxy) is 1. The highest BCUT2D eigenvalue weighted by molar-refractivity contribution is 5.89. The molecule has 154 valence electrons. The van der Waals surface area contributed by atoms with Crippen LogP contribution in [0.4, 0.5) is 11.5 Å². The summed E-state index contributed by atoms with van der Waals surface area (Å²) < 4.78 is 5.45. The molecule has 0 aliphatic heterocycles. The van der Waals surface area contributed by atoms with Crippen LogP contribution in [0.5, 0.6) is 0 Å². The van der Waals surface area contributed by atoms with Crippen LogP contribution >= 0.6 is 0 Å². The van der Waals surface area contributed by atoms with Crippen LogP contribution in [0.2, 0.25) is 0 Å². The second kappa shape index (κ2) is 9.64. The molecule has 0 saturated heterocycles. The number of nitro groups is 1.